The van der Waals surface area contributed by atoms with E-state index in [1.54, 1.807) is 23.1 Å². The van der Waals surface area contributed by atoms with Crippen LogP contribution in [0.5, 0.6) is 0 Å². The number of aromatic nitrogens is 1. The minimum atomic E-state index is -4.46. The molecule has 0 radical (unpaired) electrons. The van der Waals surface area contributed by atoms with E-state index in [9.17, 15) is 27.6 Å². The molecule has 33 heavy (non-hydrogen) atoms. The van der Waals surface area contributed by atoms with Crippen molar-refractivity contribution in [1.82, 2.24) is 9.88 Å². The number of fused-ring (bicyclic) bond motifs is 1. The van der Waals surface area contributed by atoms with Crippen LogP contribution in [0.2, 0.25) is 0 Å². The zero-order chi connectivity index (χ0) is 23.8. The van der Waals surface area contributed by atoms with Gasteiger partial charge in [-0.2, -0.15) is 13.2 Å². The van der Waals surface area contributed by atoms with Gasteiger partial charge in [0.1, 0.15) is 5.82 Å². The van der Waals surface area contributed by atoms with E-state index in [4.69, 9.17) is 0 Å². The summed E-state index contributed by atoms with van der Waals surface area (Å²) in [6, 6.07) is 7.08. The van der Waals surface area contributed by atoms with Gasteiger partial charge >= 0.3 is 18.0 Å². The number of nitrogens with one attached hydrogen (secondary N) is 2. The van der Waals surface area contributed by atoms with Crippen LogP contribution in [0.4, 0.5) is 30.4 Å². The minimum Gasteiger partial charge on any atom is -0.350 e. The van der Waals surface area contributed by atoms with Crippen molar-refractivity contribution in [2.24, 2.45) is 0 Å². The predicted octanol–water partition coefficient (Wildman–Crippen LogP) is 2.66. The number of carbonyl (C=O) groups is 3. The van der Waals surface area contributed by atoms with Gasteiger partial charge in [-0.15, -0.1) is 0 Å². The normalized spacial score (nSPS) is 18.4. The van der Waals surface area contributed by atoms with Crippen LogP contribution in [-0.4, -0.2) is 53.3 Å². The Kier molecular flexibility index (Phi) is 5.96. The van der Waals surface area contributed by atoms with E-state index in [1.807, 2.05) is 6.92 Å². The number of carbonyl (C=O) groups excluding carboxylic acids is 3. The molecule has 0 bridgehead atoms. The zero-order valence-electron chi connectivity index (χ0n) is 17.8. The fourth-order valence-electron chi connectivity index (χ4n) is 4.00. The van der Waals surface area contributed by atoms with Gasteiger partial charge < -0.3 is 20.4 Å². The van der Waals surface area contributed by atoms with Crippen molar-refractivity contribution < 1.29 is 27.6 Å². The van der Waals surface area contributed by atoms with E-state index in [-0.39, 0.29) is 25.0 Å². The van der Waals surface area contributed by atoms with Crippen LogP contribution in [-0.2, 0) is 27.0 Å². The number of rotatable bonds is 2. The maximum Gasteiger partial charge on any atom is 0.417 e. The third kappa shape index (κ3) is 4.91. The van der Waals surface area contributed by atoms with Crippen molar-refractivity contribution in [2.45, 2.75) is 32.0 Å². The van der Waals surface area contributed by atoms with E-state index >= 15 is 0 Å². The molecule has 2 N–H and O–H groups in total. The standard InChI is InChI=1S/C22H22F3N5O3/c1-13-12-29(8-9-30(13)18-6-3-15(11-26-18)22(23,24)25)21(33)20(32)27-16-4-5-17-14(10-16)2-7-19(31)28-17/h3-6,10-11,13H,2,7-9,12H2,1H3,(H,27,32)(H,28,31)/t13-/m1/s1. The monoisotopic (exact) mass is 461 g/mol. The summed E-state index contributed by atoms with van der Waals surface area (Å²) in [6.07, 6.45) is -2.76. The molecule has 1 saturated heterocycles. The highest BCUT2D eigenvalue weighted by Gasteiger charge is 2.33. The zero-order valence-corrected chi connectivity index (χ0v) is 17.8. The van der Waals surface area contributed by atoms with Gasteiger partial charge in [-0.25, -0.2) is 4.98 Å². The number of anilines is 3. The van der Waals surface area contributed by atoms with Crippen LogP contribution >= 0.6 is 0 Å². The first kappa shape index (κ1) is 22.6. The van der Waals surface area contributed by atoms with Crippen LogP contribution in [0.1, 0.15) is 24.5 Å². The lowest BCUT2D eigenvalue weighted by Crippen LogP contribution is -2.56. The first-order valence-corrected chi connectivity index (χ1v) is 10.4. The highest BCUT2D eigenvalue weighted by Crippen LogP contribution is 2.30. The Morgan fingerprint density at radius 1 is 1.15 bits per heavy atom. The number of aryl methyl sites for hydroxylation is 1. The topological polar surface area (TPSA) is 94.6 Å². The summed E-state index contributed by atoms with van der Waals surface area (Å²) in [5.74, 6) is -1.14. The summed E-state index contributed by atoms with van der Waals surface area (Å²) < 4.78 is 38.3. The maximum absolute atomic E-state index is 12.8. The predicted molar refractivity (Wildman–Crippen MR) is 115 cm³/mol. The Morgan fingerprint density at radius 2 is 1.94 bits per heavy atom. The smallest absolute Gasteiger partial charge is 0.350 e. The first-order chi connectivity index (χ1) is 15.6. The van der Waals surface area contributed by atoms with Crippen LogP contribution in [0.25, 0.3) is 0 Å². The molecule has 174 valence electrons. The fourth-order valence-corrected chi connectivity index (χ4v) is 4.00. The molecule has 3 heterocycles. The molecule has 11 heteroatoms. The van der Waals surface area contributed by atoms with Crippen molar-refractivity contribution in [3.63, 3.8) is 0 Å². The van der Waals surface area contributed by atoms with E-state index in [0.717, 1.165) is 17.8 Å². The molecule has 1 fully saturated rings. The van der Waals surface area contributed by atoms with Crippen molar-refractivity contribution >= 4 is 34.9 Å². The van der Waals surface area contributed by atoms with Crippen molar-refractivity contribution in [3.05, 3.63) is 47.7 Å². The lowest BCUT2D eigenvalue weighted by molar-refractivity contribution is -0.143. The van der Waals surface area contributed by atoms with E-state index in [0.29, 0.717) is 36.6 Å². The molecule has 1 aromatic carbocycles. The number of amides is 3. The van der Waals surface area contributed by atoms with Crippen LogP contribution in [0, 0.1) is 0 Å². The Bertz CT molecular complexity index is 1090. The highest BCUT2D eigenvalue weighted by molar-refractivity contribution is 6.39. The second-order valence-corrected chi connectivity index (χ2v) is 8.07. The summed E-state index contributed by atoms with van der Waals surface area (Å²) in [4.78, 5) is 43.8. The number of benzene rings is 1. The Balaban J connectivity index is 1.36. The maximum atomic E-state index is 12.8. The summed E-state index contributed by atoms with van der Waals surface area (Å²) in [6.45, 7) is 2.60. The second-order valence-electron chi connectivity index (χ2n) is 8.07. The van der Waals surface area contributed by atoms with Crippen molar-refractivity contribution in [3.8, 4) is 0 Å². The molecule has 1 aromatic heterocycles. The molecule has 4 rings (SSSR count). The number of piperazine rings is 1. The van der Waals surface area contributed by atoms with Crippen molar-refractivity contribution in [2.75, 3.05) is 35.2 Å². The summed E-state index contributed by atoms with van der Waals surface area (Å²) in [5.41, 5.74) is 1.21. The Hall–Kier alpha value is -3.63. The molecule has 2 aliphatic heterocycles. The van der Waals surface area contributed by atoms with Crippen LogP contribution in [0.3, 0.4) is 0 Å². The summed E-state index contributed by atoms with van der Waals surface area (Å²) in [5, 5.41) is 5.36. The van der Waals surface area contributed by atoms with Gasteiger partial charge in [0.15, 0.2) is 0 Å². The van der Waals surface area contributed by atoms with Crippen LogP contribution in [0.15, 0.2) is 36.5 Å². The van der Waals surface area contributed by atoms with Gasteiger partial charge in [-0.05, 0) is 49.2 Å². The van der Waals surface area contributed by atoms with E-state index in [1.165, 1.54) is 11.0 Å². The lowest BCUT2D eigenvalue weighted by Gasteiger charge is -2.40. The van der Waals surface area contributed by atoms with Gasteiger partial charge in [-0.1, -0.05) is 0 Å². The average Bonchev–Trinajstić information content (AvgIpc) is 2.78. The molecule has 1 atom stereocenters. The summed E-state index contributed by atoms with van der Waals surface area (Å²) in [7, 11) is 0. The number of alkyl halides is 3. The highest BCUT2D eigenvalue weighted by atomic mass is 19.4. The van der Waals surface area contributed by atoms with E-state index < -0.39 is 23.6 Å². The number of halogens is 3. The largest absolute Gasteiger partial charge is 0.417 e. The van der Waals surface area contributed by atoms with Gasteiger partial charge in [0, 0.05) is 49.7 Å². The third-order valence-corrected chi connectivity index (χ3v) is 5.74. The average molecular weight is 461 g/mol. The minimum absolute atomic E-state index is 0.0609. The molecule has 8 nitrogen and oxygen atoms in total. The molecular formula is C22H22F3N5O3. The van der Waals surface area contributed by atoms with E-state index in [2.05, 4.69) is 15.6 Å². The Morgan fingerprint density at radius 3 is 2.61 bits per heavy atom. The quantitative estimate of drug-likeness (QED) is 0.671. The van der Waals surface area contributed by atoms with Crippen molar-refractivity contribution in [1.29, 1.82) is 0 Å². The SMILES string of the molecule is C[C@@H]1CN(C(=O)C(=O)Nc2ccc3c(c2)CCC(=O)N3)CCN1c1ccc(C(F)(F)F)cn1. The molecule has 2 aromatic rings. The number of pyridine rings is 1. The molecule has 3 amide bonds. The third-order valence-electron chi connectivity index (χ3n) is 5.74. The number of nitrogens with zero attached hydrogens (tertiary/aromatic N) is 3. The molecule has 0 saturated carbocycles. The molecular weight excluding hydrogens is 439 g/mol. The Labute approximate surface area is 187 Å². The number of hydrogen-bond acceptors (Lipinski definition) is 5. The molecule has 0 spiro atoms. The van der Waals surface area contributed by atoms with Gasteiger partial charge in [0.2, 0.25) is 5.91 Å². The van der Waals surface area contributed by atoms with Gasteiger partial charge in [0.05, 0.1) is 5.56 Å². The fraction of sp³-hybridized carbons (Fsp3) is 0.364. The van der Waals surface area contributed by atoms with Crippen LogP contribution < -0.4 is 15.5 Å². The molecule has 0 unspecified atom stereocenters. The number of hydrogen-bond donors (Lipinski definition) is 2. The van der Waals surface area contributed by atoms with Gasteiger partial charge in [0.25, 0.3) is 0 Å². The molecule has 0 aliphatic carbocycles. The molecule has 2 aliphatic rings. The van der Waals surface area contributed by atoms with Gasteiger partial charge in [-0.3, -0.25) is 14.4 Å². The lowest BCUT2D eigenvalue weighted by atomic mass is 10.0. The summed E-state index contributed by atoms with van der Waals surface area (Å²) >= 11 is 0. The first-order valence-electron chi connectivity index (χ1n) is 10.4. The second kappa shape index (κ2) is 8.72.